The number of rotatable bonds is 6. The molecule has 0 aliphatic carbocycles. The van der Waals surface area contributed by atoms with Crippen LogP contribution in [0.3, 0.4) is 0 Å². The molecule has 2 rings (SSSR count). The molecule has 0 aliphatic rings. The van der Waals surface area contributed by atoms with Crippen LogP contribution in [0.15, 0.2) is 48.5 Å². The normalized spacial score (nSPS) is 13.1. The van der Waals surface area contributed by atoms with Gasteiger partial charge >= 0.3 is 0 Å². The van der Waals surface area contributed by atoms with E-state index in [9.17, 15) is 19.3 Å². The average Bonchev–Trinajstić information content (AvgIpc) is 2.54. The molecule has 2 atom stereocenters. The molecule has 0 bridgehead atoms. The number of anilines is 1. The van der Waals surface area contributed by atoms with Gasteiger partial charge in [0.1, 0.15) is 11.9 Å². The van der Waals surface area contributed by atoms with Crippen molar-refractivity contribution in [3.8, 4) is 0 Å². The second kappa shape index (κ2) is 7.65. The zero-order valence-corrected chi connectivity index (χ0v) is 13.5. The van der Waals surface area contributed by atoms with Crippen molar-refractivity contribution in [2.24, 2.45) is 0 Å². The van der Waals surface area contributed by atoms with Crippen LogP contribution in [-0.4, -0.2) is 24.4 Å². The Morgan fingerprint density at radius 3 is 2.67 bits per heavy atom. The first-order valence-corrected chi connectivity index (χ1v) is 7.49. The molecule has 0 fully saturated rings. The summed E-state index contributed by atoms with van der Waals surface area (Å²) in [4.78, 5) is 23.4. The Labute approximate surface area is 139 Å². The van der Waals surface area contributed by atoms with Gasteiger partial charge in [0.15, 0.2) is 6.54 Å². The van der Waals surface area contributed by atoms with Crippen molar-refractivity contribution in [3.05, 3.63) is 70.0 Å². The Balaban J connectivity index is 2.00. The number of nitrogens with one attached hydrogen (secondary N) is 2. The fraction of sp³-hybridized carbons (Fsp3) is 0.235. The smallest absolute Gasteiger partial charge is 0.279 e. The van der Waals surface area contributed by atoms with E-state index in [1.54, 1.807) is 18.2 Å². The summed E-state index contributed by atoms with van der Waals surface area (Å²) in [7, 11) is 1.83. The van der Waals surface area contributed by atoms with Crippen molar-refractivity contribution in [2.75, 3.05) is 18.9 Å². The molecule has 24 heavy (non-hydrogen) atoms. The second-order valence-corrected chi connectivity index (χ2v) is 5.66. The highest BCUT2D eigenvalue weighted by Gasteiger charge is 2.20. The largest absolute Gasteiger partial charge is 0.324 e. The number of benzene rings is 2. The number of quaternary nitrogens is 1. The van der Waals surface area contributed by atoms with Gasteiger partial charge in [-0.3, -0.25) is 14.9 Å². The molecule has 7 heteroatoms. The Morgan fingerprint density at radius 2 is 2.00 bits per heavy atom. The van der Waals surface area contributed by atoms with Gasteiger partial charge in [-0.05, 0) is 25.1 Å². The van der Waals surface area contributed by atoms with Crippen molar-refractivity contribution in [1.82, 2.24) is 0 Å². The van der Waals surface area contributed by atoms with Gasteiger partial charge in [0.2, 0.25) is 0 Å². The van der Waals surface area contributed by atoms with E-state index in [4.69, 9.17) is 0 Å². The number of nitro benzene ring substituents is 1. The number of amides is 1. The quantitative estimate of drug-likeness (QED) is 0.627. The molecule has 0 aromatic heterocycles. The van der Waals surface area contributed by atoms with E-state index in [-0.39, 0.29) is 24.2 Å². The van der Waals surface area contributed by atoms with Crippen LogP contribution in [0.25, 0.3) is 0 Å². The standard InChI is InChI=1S/C17H18FN3O3/c1-12(13-5-3-8-16(9-13)21(23)24)20(2)11-17(22)19-15-7-4-6-14(18)10-15/h3-10,12H,11H2,1-2H3,(H,19,22)/p+1/t12-/m1/s1. The minimum Gasteiger partial charge on any atom is -0.324 e. The van der Waals surface area contributed by atoms with Gasteiger partial charge in [0.25, 0.3) is 11.6 Å². The highest BCUT2D eigenvalue weighted by molar-refractivity contribution is 5.91. The van der Waals surface area contributed by atoms with Crippen molar-refractivity contribution in [2.45, 2.75) is 13.0 Å². The number of hydrogen-bond donors (Lipinski definition) is 2. The van der Waals surface area contributed by atoms with Gasteiger partial charge in [-0.15, -0.1) is 0 Å². The van der Waals surface area contributed by atoms with Crippen LogP contribution in [0.4, 0.5) is 15.8 Å². The lowest BCUT2D eigenvalue weighted by molar-refractivity contribution is -0.902. The van der Waals surface area contributed by atoms with Gasteiger partial charge in [-0.1, -0.05) is 18.2 Å². The minimum atomic E-state index is -0.442. The van der Waals surface area contributed by atoms with Crippen LogP contribution in [0, 0.1) is 15.9 Å². The van der Waals surface area contributed by atoms with Crippen LogP contribution < -0.4 is 10.2 Å². The molecule has 2 aromatic rings. The third-order valence-electron chi connectivity index (χ3n) is 3.87. The van der Waals surface area contributed by atoms with Crippen molar-refractivity contribution < 1.29 is 19.0 Å². The Hall–Kier alpha value is -2.80. The van der Waals surface area contributed by atoms with E-state index in [2.05, 4.69) is 5.32 Å². The topological polar surface area (TPSA) is 76.7 Å². The highest BCUT2D eigenvalue weighted by atomic mass is 19.1. The van der Waals surface area contributed by atoms with Crippen molar-refractivity contribution in [1.29, 1.82) is 0 Å². The molecule has 1 amide bonds. The molecule has 6 nitrogen and oxygen atoms in total. The van der Waals surface area contributed by atoms with Crippen LogP contribution in [0.1, 0.15) is 18.5 Å². The van der Waals surface area contributed by atoms with E-state index in [1.807, 2.05) is 14.0 Å². The van der Waals surface area contributed by atoms with Crippen LogP contribution in [0.5, 0.6) is 0 Å². The predicted octanol–water partition coefficient (Wildman–Crippen LogP) is 1.95. The molecule has 0 saturated carbocycles. The number of likely N-dealkylation sites (N-methyl/N-ethyl adjacent to an activating group) is 1. The Bertz CT molecular complexity index is 751. The summed E-state index contributed by atoms with van der Waals surface area (Å²) in [6.45, 7) is 2.05. The monoisotopic (exact) mass is 332 g/mol. The van der Waals surface area contributed by atoms with E-state index >= 15 is 0 Å². The second-order valence-electron chi connectivity index (χ2n) is 5.66. The molecule has 0 aliphatic heterocycles. The lowest BCUT2D eigenvalue weighted by Crippen LogP contribution is -3.10. The van der Waals surface area contributed by atoms with E-state index in [0.29, 0.717) is 5.69 Å². The lowest BCUT2D eigenvalue weighted by atomic mass is 10.1. The van der Waals surface area contributed by atoms with Crippen molar-refractivity contribution >= 4 is 17.3 Å². The molecule has 0 radical (unpaired) electrons. The average molecular weight is 332 g/mol. The molecule has 0 spiro atoms. The lowest BCUT2D eigenvalue weighted by Gasteiger charge is -2.21. The van der Waals surface area contributed by atoms with Crippen LogP contribution in [-0.2, 0) is 4.79 Å². The van der Waals surface area contributed by atoms with Crippen LogP contribution in [0.2, 0.25) is 0 Å². The fourth-order valence-electron chi connectivity index (χ4n) is 2.37. The third-order valence-corrected chi connectivity index (χ3v) is 3.87. The zero-order valence-electron chi connectivity index (χ0n) is 13.5. The highest BCUT2D eigenvalue weighted by Crippen LogP contribution is 2.17. The maximum absolute atomic E-state index is 13.1. The number of carbonyl (C=O) groups excluding carboxylic acids is 1. The Kier molecular flexibility index (Phi) is 5.59. The minimum absolute atomic E-state index is 0.0244. The first-order chi connectivity index (χ1) is 11.4. The first-order valence-electron chi connectivity index (χ1n) is 7.49. The molecular weight excluding hydrogens is 313 g/mol. The summed E-state index contributed by atoms with van der Waals surface area (Å²) in [5.41, 5.74) is 1.20. The van der Waals surface area contributed by atoms with E-state index < -0.39 is 10.7 Å². The first kappa shape index (κ1) is 17.6. The molecule has 0 saturated heterocycles. The van der Waals surface area contributed by atoms with E-state index in [0.717, 1.165) is 10.5 Å². The predicted molar refractivity (Wildman–Crippen MR) is 88.3 cm³/mol. The van der Waals surface area contributed by atoms with Gasteiger partial charge in [0, 0.05) is 23.4 Å². The molecule has 126 valence electrons. The van der Waals surface area contributed by atoms with Crippen molar-refractivity contribution in [3.63, 3.8) is 0 Å². The van der Waals surface area contributed by atoms with Gasteiger partial charge in [-0.2, -0.15) is 0 Å². The van der Waals surface area contributed by atoms with Gasteiger partial charge in [0.05, 0.1) is 12.0 Å². The number of hydrogen-bond acceptors (Lipinski definition) is 3. The summed E-state index contributed by atoms with van der Waals surface area (Å²) in [6, 6.07) is 11.9. The summed E-state index contributed by atoms with van der Waals surface area (Å²) in [5.74, 6) is -0.672. The number of non-ortho nitro benzene ring substituents is 1. The van der Waals surface area contributed by atoms with E-state index in [1.165, 1.54) is 30.3 Å². The summed E-state index contributed by atoms with van der Waals surface area (Å²) < 4.78 is 13.1. The number of nitro groups is 1. The zero-order chi connectivity index (χ0) is 17.7. The van der Waals surface area contributed by atoms with Crippen LogP contribution >= 0.6 is 0 Å². The SMILES string of the molecule is C[C@H](c1cccc([N+](=O)[O-])c1)[NH+](C)CC(=O)Nc1cccc(F)c1. The molecule has 2 aromatic carbocycles. The number of nitrogens with zero attached hydrogens (tertiary/aromatic N) is 1. The fourth-order valence-corrected chi connectivity index (χ4v) is 2.37. The molecule has 0 heterocycles. The molecular formula is C17H19FN3O3+. The summed E-state index contributed by atoms with van der Waals surface area (Å²) in [6.07, 6.45) is 0. The molecule has 1 unspecified atom stereocenters. The third kappa shape index (κ3) is 4.60. The van der Waals surface area contributed by atoms with Gasteiger partial charge < -0.3 is 10.2 Å². The maximum atomic E-state index is 13.1. The summed E-state index contributed by atoms with van der Waals surface area (Å²) in [5, 5.41) is 13.5. The number of halogens is 1. The molecule has 2 N–H and O–H groups in total. The van der Waals surface area contributed by atoms with Gasteiger partial charge in [-0.25, -0.2) is 4.39 Å². The number of carbonyl (C=O) groups is 1. The maximum Gasteiger partial charge on any atom is 0.279 e. The Morgan fingerprint density at radius 1 is 1.29 bits per heavy atom. The summed E-state index contributed by atoms with van der Waals surface area (Å²) >= 11 is 0.